The molecule has 1 aromatic carbocycles. The number of benzene rings is 1. The van der Waals surface area contributed by atoms with Crippen LogP contribution in [0.25, 0.3) is 0 Å². The summed E-state index contributed by atoms with van der Waals surface area (Å²) in [5.74, 6) is 0. The lowest BCUT2D eigenvalue weighted by molar-refractivity contribution is 0.160. The summed E-state index contributed by atoms with van der Waals surface area (Å²) in [5, 5.41) is 9.61. The zero-order valence-electron chi connectivity index (χ0n) is 7.27. The molecule has 0 unspecified atom stereocenters. The lowest BCUT2D eigenvalue weighted by Crippen LogP contribution is -2.18. The second-order valence-corrected chi connectivity index (χ2v) is 3.14. The van der Waals surface area contributed by atoms with E-state index in [1.807, 2.05) is 37.3 Å². The highest BCUT2D eigenvalue weighted by atomic mass is 16.3. The number of aliphatic hydroxyl groups is 1. The van der Waals surface area contributed by atoms with Crippen molar-refractivity contribution < 1.29 is 5.11 Å². The molecule has 0 saturated heterocycles. The number of hydrogen-bond acceptors (Lipinski definition) is 2. The molecule has 1 rings (SSSR count). The summed E-state index contributed by atoms with van der Waals surface area (Å²) in [7, 11) is 0. The Hall–Kier alpha value is -0.860. The van der Waals surface area contributed by atoms with Crippen molar-refractivity contribution in [1.82, 2.24) is 0 Å². The molecule has 0 bridgehead atoms. The summed E-state index contributed by atoms with van der Waals surface area (Å²) in [6.45, 7) is 1.90. The number of nitrogens with two attached hydrogens (primary N) is 1. The normalized spacial score (nSPS) is 15.6. The van der Waals surface area contributed by atoms with Crippen LogP contribution in [0.1, 0.15) is 25.0 Å². The minimum Gasteiger partial charge on any atom is -0.388 e. The van der Waals surface area contributed by atoms with Gasteiger partial charge in [0, 0.05) is 6.04 Å². The second-order valence-electron chi connectivity index (χ2n) is 3.14. The van der Waals surface area contributed by atoms with Crippen LogP contribution >= 0.6 is 0 Å². The molecule has 0 aromatic heterocycles. The first-order valence-corrected chi connectivity index (χ1v) is 4.18. The molecular weight excluding hydrogens is 150 g/mol. The Morgan fingerprint density at radius 3 is 2.42 bits per heavy atom. The minimum atomic E-state index is -0.425. The molecule has 66 valence electrons. The van der Waals surface area contributed by atoms with E-state index in [0.717, 1.165) is 5.56 Å². The van der Waals surface area contributed by atoms with Gasteiger partial charge in [0.1, 0.15) is 0 Å². The Morgan fingerprint density at radius 1 is 1.33 bits per heavy atom. The highest BCUT2D eigenvalue weighted by Crippen LogP contribution is 2.16. The highest BCUT2D eigenvalue weighted by Gasteiger charge is 2.08. The zero-order valence-corrected chi connectivity index (χ0v) is 7.27. The Balaban J connectivity index is 2.59. The number of rotatable bonds is 3. The van der Waals surface area contributed by atoms with Gasteiger partial charge in [-0.2, -0.15) is 0 Å². The predicted molar refractivity (Wildman–Crippen MR) is 49.7 cm³/mol. The van der Waals surface area contributed by atoms with Crippen molar-refractivity contribution in [3.63, 3.8) is 0 Å². The van der Waals surface area contributed by atoms with Crippen LogP contribution in [0.5, 0.6) is 0 Å². The van der Waals surface area contributed by atoms with Crippen LogP contribution < -0.4 is 5.73 Å². The van der Waals surface area contributed by atoms with Gasteiger partial charge in [-0.1, -0.05) is 30.3 Å². The molecule has 0 aliphatic carbocycles. The number of aliphatic hydroxyl groups excluding tert-OH is 1. The summed E-state index contributed by atoms with van der Waals surface area (Å²) in [6, 6.07) is 9.63. The third-order valence-electron chi connectivity index (χ3n) is 1.78. The van der Waals surface area contributed by atoms with Gasteiger partial charge in [-0.05, 0) is 18.9 Å². The van der Waals surface area contributed by atoms with E-state index < -0.39 is 6.10 Å². The lowest BCUT2D eigenvalue weighted by Gasteiger charge is -2.12. The van der Waals surface area contributed by atoms with Crippen molar-refractivity contribution in [1.29, 1.82) is 0 Å². The third-order valence-corrected chi connectivity index (χ3v) is 1.78. The molecule has 0 aliphatic rings. The molecule has 2 nitrogen and oxygen atoms in total. The van der Waals surface area contributed by atoms with E-state index in [1.165, 1.54) is 0 Å². The van der Waals surface area contributed by atoms with Crippen LogP contribution in [0.4, 0.5) is 0 Å². The molecule has 12 heavy (non-hydrogen) atoms. The fourth-order valence-electron chi connectivity index (χ4n) is 1.16. The minimum absolute atomic E-state index is 0.0419. The SMILES string of the molecule is C[C@H](N)C[C@H](O)c1ccccc1. The zero-order chi connectivity index (χ0) is 8.97. The first-order valence-electron chi connectivity index (χ1n) is 4.18. The average molecular weight is 165 g/mol. The van der Waals surface area contributed by atoms with Gasteiger partial charge in [0.15, 0.2) is 0 Å². The van der Waals surface area contributed by atoms with E-state index in [2.05, 4.69) is 0 Å². The smallest absolute Gasteiger partial charge is 0.0804 e. The van der Waals surface area contributed by atoms with Gasteiger partial charge in [-0.15, -0.1) is 0 Å². The largest absolute Gasteiger partial charge is 0.388 e. The number of hydrogen-bond donors (Lipinski definition) is 2. The summed E-state index contributed by atoms with van der Waals surface area (Å²) < 4.78 is 0. The monoisotopic (exact) mass is 165 g/mol. The van der Waals surface area contributed by atoms with Gasteiger partial charge < -0.3 is 10.8 Å². The van der Waals surface area contributed by atoms with Gasteiger partial charge in [0.25, 0.3) is 0 Å². The van der Waals surface area contributed by atoms with E-state index in [4.69, 9.17) is 5.73 Å². The van der Waals surface area contributed by atoms with Crippen LogP contribution in [-0.2, 0) is 0 Å². The summed E-state index contributed by atoms with van der Waals surface area (Å²) in [5.41, 5.74) is 6.51. The van der Waals surface area contributed by atoms with Crippen molar-refractivity contribution in [3.8, 4) is 0 Å². The quantitative estimate of drug-likeness (QED) is 0.712. The van der Waals surface area contributed by atoms with Crippen LogP contribution in [-0.4, -0.2) is 11.1 Å². The van der Waals surface area contributed by atoms with E-state index >= 15 is 0 Å². The summed E-state index contributed by atoms with van der Waals surface area (Å²) >= 11 is 0. The standard InChI is InChI=1S/C10H15NO/c1-8(11)7-10(12)9-5-3-2-4-6-9/h2-6,8,10,12H,7,11H2,1H3/t8-,10-/m0/s1. The Kier molecular flexibility index (Phi) is 3.26. The Morgan fingerprint density at radius 2 is 1.92 bits per heavy atom. The fourth-order valence-corrected chi connectivity index (χ4v) is 1.16. The molecule has 0 spiro atoms. The Bertz CT molecular complexity index is 221. The molecule has 2 atom stereocenters. The average Bonchev–Trinajstić information content (AvgIpc) is 2.05. The molecular formula is C10H15NO. The molecule has 0 amide bonds. The fraction of sp³-hybridized carbons (Fsp3) is 0.400. The predicted octanol–water partition coefficient (Wildman–Crippen LogP) is 1.46. The van der Waals surface area contributed by atoms with Crippen molar-refractivity contribution in [2.24, 2.45) is 5.73 Å². The first kappa shape index (κ1) is 9.23. The maximum Gasteiger partial charge on any atom is 0.0804 e. The molecule has 0 fully saturated rings. The van der Waals surface area contributed by atoms with Gasteiger partial charge >= 0.3 is 0 Å². The highest BCUT2D eigenvalue weighted by molar-refractivity contribution is 5.17. The van der Waals surface area contributed by atoms with E-state index in [9.17, 15) is 5.11 Å². The summed E-state index contributed by atoms with van der Waals surface area (Å²) in [6.07, 6.45) is 0.190. The lowest BCUT2D eigenvalue weighted by atomic mass is 10.0. The van der Waals surface area contributed by atoms with Crippen molar-refractivity contribution in [3.05, 3.63) is 35.9 Å². The topological polar surface area (TPSA) is 46.2 Å². The summed E-state index contributed by atoms with van der Waals surface area (Å²) in [4.78, 5) is 0. The van der Waals surface area contributed by atoms with E-state index in [0.29, 0.717) is 6.42 Å². The van der Waals surface area contributed by atoms with E-state index in [1.54, 1.807) is 0 Å². The molecule has 3 N–H and O–H groups in total. The maximum absolute atomic E-state index is 9.61. The molecule has 2 heteroatoms. The molecule has 0 saturated carbocycles. The van der Waals surface area contributed by atoms with Gasteiger partial charge in [-0.25, -0.2) is 0 Å². The Labute approximate surface area is 73.0 Å². The van der Waals surface area contributed by atoms with Crippen molar-refractivity contribution in [2.75, 3.05) is 0 Å². The second kappa shape index (κ2) is 4.24. The molecule has 1 aromatic rings. The van der Waals surface area contributed by atoms with Gasteiger partial charge in [0.05, 0.1) is 6.10 Å². The van der Waals surface area contributed by atoms with Crippen LogP contribution in [0.2, 0.25) is 0 Å². The van der Waals surface area contributed by atoms with Crippen molar-refractivity contribution in [2.45, 2.75) is 25.5 Å². The van der Waals surface area contributed by atoms with Crippen LogP contribution in [0.3, 0.4) is 0 Å². The molecule has 0 radical (unpaired) electrons. The van der Waals surface area contributed by atoms with Crippen molar-refractivity contribution >= 4 is 0 Å². The molecule has 0 aliphatic heterocycles. The van der Waals surface area contributed by atoms with Crippen LogP contribution in [0.15, 0.2) is 30.3 Å². The van der Waals surface area contributed by atoms with Crippen LogP contribution in [0, 0.1) is 0 Å². The van der Waals surface area contributed by atoms with Gasteiger partial charge in [0.2, 0.25) is 0 Å². The molecule has 0 heterocycles. The third kappa shape index (κ3) is 2.64. The van der Waals surface area contributed by atoms with E-state index in [-0.39, 0.29) is 6.04 Å². The first-order chi connectivity index (χ1) is 5.70. The maximum atomic E-state index is 9.61. The van der Waals surface area contributed by atoms with Gasteiger partial charge in [-0.3, -0.25) is 0 Å².